The van der Waals surface area contributed by atoms with Gasteiger partial charge in [0.2, 0.25) is 5.82 Å². The second-order valence-electron chi connectivity index (χ2n) is 3.62. The van der Waals surface area contributed by atoms with Crippen molar-refractivity contribution < 1.29 is 18.1 Å². The lowest BCUT2D eigenvalue weighted by Crippen LogP contribution is -2.24. The van der Waals surface area contributed by atoms with Crippen molar-refractivity contribution in [3.05, 3.63) is 27.4 Å². The fourth-order valence-electron chi connectivity index (χ4n) is 1.31. The first kappa shape index (κ1) is 14.5. The largest absolute Gasteiger partial charge is 0.391 e. The van der Waals surface area contributed by atoms with Gasteiger partial charge in [-0.05, 0) is 13.0 Å². The molecule has 0 amide bonds. The number of nitrogens with one attached hydrogen (secondary N) is 1. The average molecular weight is 284 g/mol. The highest BCUT2D eigenvalue weighted by atomic mass is 35.5. The third kappa shape index (κ3) is 4.36. The Labute approximate surface area is 105 Å². The van der Waals surface area contributed by atoms with Crippen LogP contribution in [0.25, 0.3) is 0 Å². The van der Waals surface area contributed by atoms with Crippen molar-refractivity contribution in [2.24, 2.45) is 0 Å². The normalized spacial score (nSPS) is 13.2. The molecule has 0 aliphatic carbocycles. The van der Waals surface area contributed by atoms with Crippen LogP contribution in [-0.4, -0.2) is 22.1 Å². The summed E-state index contributed by atoms with van der Waals surface area (Å²) in [5.74, 6) is -0.274. The average Bonchev–Trinajstić information content (AvgIpc) is 2.13. The molecule has 0 saturated carbocycles. The molecule has 5 nitrogen and oxygen atoms in total. The van der Waals surface area contributed by atoms with Crippen LogP contribution in [0.15, 0.2) is 12.1 Å². The van der Waals surface area contributed by atoms with Gasteiger partial charge in [0.05, 0.1) is 11.3 Å². The summed E-state index contributed by atoms with van der Waals surface area (Å²) in [6, 6.07) is 1.23. The van der Waals surface area contributed by atoms with E-state index in [4.69, 9.17) is 11.6 Å². The van der Waals surface area contributed by atoms with Gasteiger partial charge in [-0.15, -0.1) is 0 Å². The zero-order valence-electron chi connectivity index (χ0n) is 9.16. The monoisotopic (exact) mass is 283 g/mol. The molecule has 9 heteroatoms. The predicted molar refractivity (Wildman–Crippen MR) is 59.7 cm³/mol. The van der Waals surface area contributed by atoms with E-state index in [1.165, 1.54) is 13.0 Å². The van der Waals surface area contributed by atoms with Gasteiger partial charge in [0, 0.05) is 12.1 Å². The number of nitro groups is 1. The van der Waals surface area contributed by atoms with Gasteiger partial charge >= 0.3 is 11.9 Å². The predicted octanol–water partition coefficient (Wildman–Crippen LogP) is 3.40. The number of halogens is 4. The van der Waals surface area contributed by atoms with Gasteiger partial charge in [-0.25, -0.2) is 4.98 Å². The van der Waals surface area contributed by atoms with Crippen molar-refractivity contribution >= 4 is 23.1 Å². The minimum atomic E-state index is -4.36. The van der Waals surface area contributed by atoms with Gasteiger partial charge in [-0.3, -0.25) is 10.1 Å². The van der Waals surface area contributed by atoms with Crippen molar-refractivity contribution in [2.45, 2.75) is 25.6 Å². The molecule has 100 valence electrons. The van der Waals surface area contributed by atoms with Gasteiger partial charge < -0.3 is 5.32 Å². The smallest absolute Gasteiger partial charge is 0.362 e. The van der Waals surface area contributed by atoms with Crippen LogP contribution in [0, 0.1) is 10.1 Å². The fourth-order valence-corrected chi connectivity index (χ4v) is 1.46. The van der Waals surface area contributed by atoms with E-state index in [1.807, 2.05) is 0 Å². The second kappa shape index (κ2) is 5.38. The summed E-state index contributed by atoms with van der Waals surface area (Å²) in [6.45, 7) is 1.25. The molecule has 1 aromatic heterocycles. The SMILES string of the molecule is CC(CC(F)(F)F)Nc1nc(Cl)ccc1[N+](=O)[O-]. The molecule has 0 radical (unpaired) electrons. The lowest BCUT2D eigenvalue weighted by atomic mass is 10.2. The molecule has 0 bridgehead atoms. The van der Waals surface area contributed by atoms with Crippen LogP contribution in [0.1, 0.15) is 13.3 Å². The zero-order chi connectivity index (χ0) is 13.9. The number of anilines is 1. The minimum absolute atomic E-state index is 0.0395. The van der Waals surface area contributed by atoms with Crippen LogP contribution in [0.3, 0.4) is 0 Å². The Morgan fingerprint density at radius 2 is 2.17 bits per heavy atom. The van der Waals surface area contributed by atoms with Gasteiger partial charge in [-0.1, -0.05) is 11.6 Å². The highest BCUT2D eigenvalue weighted by Crippen LogP contribution is 2.27. The molecule has 1 aromatic rings. The Bertz CT molecular complexity index is 453. The van der Waals surface area contributed by atoms with E-state index in [0.29, 0.717) is 0 Å². The van der Waals surface area contributed by atoms with Crippen molar-refractivity contribution in [3.8, 4) is 0 Å². The first-order valence-electron chi connectivity index (χ1n) is 4.83. The van der Waals surface area contributed by atoms with Crippen molar-refractivity contribution in [1.29, 1.82) is 0 Å². The molecular weight excluding hydrogens is 275 g/mol. The molecule has 1 heterocycles. The van der Waals surface area contributed by atoms with Crippen LogP contribution >= 0.6 is 11.6 Å². The fraction of sp³-hybridized carbons (Fsp3) is 0.444. The number of pyridine rings is 1. The first-order valence-corrected chi connectivity index (χ1v) is 5.21. The summed E-state index contributed by atoms with van der Waals surface area (Å²) in [7, 11) is 0. The molecule has 0 fully saturated rings. The number of alkyl halides is 3. The maximum absolute atomic E-state index is 12.1. The Balaban J connectivity index is 2.89. The standard InChI is InChI=1S/C9H9ClF3N3O2/c1-5(4-9(11,12)13)14-8-6(16(17)18)2-3-7(10)15-8/h2-3,5H,4H2,1H3,(H,14,15). The Morgan fingerprint density at radius 3 is 2.67 bits per heavy atom. The van der Waals surface area contributed by atoms with Gasteiger partial charge in [0.15, 0.2) is 0 Å². The Hall–Kier alpha value is -1.57. The minimum Gasteiger partial charge on any atom is -0.362 e. The third-order valence-corrected chi connectivity index (χ3v) is 2.17. The van der Waals surface area contributed by atoms with Gasteiger partial charge in [0.25, 0.3) is 0 Å². The number of hydrogen-bond acceptors (Lipinski definition) is 4. The quantitative estimate of drug-likeness (QED) is 0.522. The summed E-state index contributed by atoms with van der Waals surface area (Å²) < 4.78 is 36.4. The van der Waals surface area contributed by atoms with Crippen LogP contribution < -0.4 is 5.32 Å². The zero-order valence-corrected chi connectivity index (χ0v) is 9.92. The number of rotatable bonds is 4. The second-order valence-corrected chi connectivity index (χ2v) is 4.01. The first-order chi connectivity index (χ1) is 8.19. The van der Waals surface area contributed by atoms with E-state index < -0.39 is 29.2 Å². The molecule has 0 spiro atoms. The lowest BCUT2D eigenvalue weighted by Gasteiger charge is -2.16. The van der Waals surface area contributed by atoms with E-state index in [1.54, 1.807) is 0 Å². The molecule has 1 atom stereocenters. The third-order valence-electron chi connectivity index (χ3n) is 1.96. The van der Waals surface area contributed by atoms with Gasteiger partial charge in [0.1, 0.15) is 5.15 Å². The van der Waals surface area contributed by atoms with Crippen LogP contribution in [-0.2, 0) is 0 Å². The molecule has 1 N–H and O–H groups in total. The van der Waals surface area contributed by atoms with Crippen LogP contribution in [0.4, 0.5) is 24.7 Å². The summed E-state index contributed by atoms with van der Waals surface area (Å²) in [4.78, 5) is 13.5. The maximum Gasteiger partial charge on any atom is 0.391 e. The topological polar surface area (TPSA) is 68.1 Å². The molecule has 18 heavy (non-hydrogen) atoms. The summed E-state index contributed by atoms with van der Waals surface area (Å²) in [5, 5.41) is 13.0. The van der Waals surface area contributed by atoms with Crippen molar-refractivity contribution in [1.82, 2.24) is 4.98 Å². The summed E-state index contributed by atoms with van der Waals surface area (Å²) in [5.41, 5.74) is -0.423. The van der Waals surface area contributed by atoms with Gasteiger partial charge in [-0.2, -0.15) is 13.2 Å². The van der Waals surface area contributed by atoms with E-state index in [9.17, 15) is 23.3 Å². The van der Waals surface area contributed by atoms with Crippen molar-refractivity contribution in [3.63, 3.8) is 0 Å². The molecular formula is C9H9ClF3N3O2. The molecule has 1 unspecified atom stereocenters. The summed E-state index contributed by atoms with van der Waals surface area (Å²) in [6.07, 6.45) is -5.49. The summed E-state index contributed by atoms with van der Waals surface area (Å²) >= 11 is 5.54. The number of nitrogens with zero attached hydrogens (tertiary/aromatic N) is 2. The van der Waals surface area contributed by atoms with E-state index in [2.05, 4.69) is 10.3 Å². The molecule has 0 aromatic carbocycles. The molecule has 0 saturated heterocycles. The van der Waals surface area contributed by atoms with E-state index in [0.717, 1.165) is 6.07 Å². The Kier molecular flexibility index (Phi) is 4.33. The van der Waals surface area contributed by atoms with Crippen LogP contribution in [0.2, 0.25) is 5.15 Å². The van der Waals surface area contributed by atoms with Crippen LogP contribution in [0.5, 0.6) is 0 Å². The number of hydrogen-bond donors (Lipinski definition) is 1. The molecule has 0 aliphatic rings. The maximum atomic E-state index is 12.1. The highest BCUT2D eigenvalue weighted by molar-refractivity contribution is 6.29. The lowest BCUT2D eigenvalue weighted by molar-refractivity contribution is -0.384. The van der Waals surface area contributed by atoms with E-state index in [-0.39, 0.29) is 11.0 Å². The highest BCUT2D eigenvalue weighted by Gasteiger charge is 2.31. The molecule has 1 rings (SSSR count). The van der Waals surface area contributed by atoms with E-state index >= 15 is 0 Å². The molecule has 0 aliphatic heterocycles. The number of aromatic nitrogens is 1. The Morgan fingerprint density at radius 1 is 1.56 bits per heavy atom. The van der Waals surface area contributed by atoms with Crippen molar-refractivity contribution in [2.75, 3.05) is 5.32 Å².